The summed E-state index contributed by atoms with van der Waals surface area (Å²) in [4.78, 5) is 21.9. The Morgan fingerprint density at radius 2 is 1.90 bits per heavy atom. The van der Waals surface area contributed by atoms with Crippen LogP contribution in [0.1, 0.15) is 26.2 Å². The van der Waals surface area contributed by atoms with Crippen LogP contribution in [0.4, 0.5) is 0 Å². The lowest BCUT2D eigenvalue weighted by atomic mass is 9.91. The smallest absolute Gasteiger partial charge is 0.335 e. The Bertz CT molecular complexity index is 362. The highest BCUT2D eigenvalue weighted by atomic mass is 16.6. The first kappa shape index (κ1) is 17.8. The van der Waals surface area contributed by atoms with E-state index in [0.717, 1.165) is 0 Å². The molecule has 122 valence electrons. The van der Waals surface area contributed by atoms with Crippen molar-refractivity contribution in [1.29, 1.82) is 0 Å². The number of carboxylic acid groups (broad SMARTS) is 1. The van der Waals surface area contributed by atoms with Crippen molar-refractivity contribution in [2.45, 2.75) is 50.7 Å². The molecule has 0 aromatic rings. The zero-order valence-electron chi connectivity index (χ0n) is 12.2. The molecule has 0 aromatic carbocycles. The molecule has 0 aliphatic carbocycles. The molecule has 8 nitrogen and oxygen atoms in total. The summed E-state index contributed by atoms with van der Waals surface area (Å²) in [5, 5.41) is 31.5. The van der Waals surface area contributed by atoms with E-state index in [1.54, 1.807) is 6.92 Å². The number of carboxylic acids is 1. The predicted molar refractivity (Wildman–Crippen MR) is 71.3 cm³/mol. The summed E-state index contributed by atoms with van der Waals surface area (Å²) in [5.41, 5.74) is 0. The van der Waals surface area contributed by atoms with Gasteiger partial charge in [0.05, 0.1) is 13.2 Å². The first-order valence-corrected chi connectivity index (χ1v) is 6.93. The fourth-order valence-electron chi connectivity index (χ4n) is 2.21. The van der Waals surface area contributed by atoms with Crippen LogP contribution in [0.3, 0.4) is 0 Å². The SMILES string of the molecule is COC(=O)CCCCNC1OC(C(=O)O)C(O)C(O)C1C. The summed E-state index contributed by atoms with van der Waals surface area (Å²) >= 11 is 0. The minimum absolute atomic E-state index is 0.276. The van der Waals surface area contributed by atoms with Gasteiger partial charge in [-0.25, -0.2) is 4.79 Å². The number of nitrogens with one attached hydrogen (secondary N) is 1. The Morgan fingerprint density at radius 3 is 2.48 bits per heavy atom. The number of hydrogen-bond acceptors (Lipinski definition) is 7. The summed E-state index contributed by atoms with van der Waals surface area (Å²) in [6.07, 6.45) is -3.11. The van der Waals surface area contributed by atoms with Gasteiger partial charge in [0, 0.05) is 12.3 Å². The third-order valence-electron chi connectivity index (χ3n) is 3.59. The van der Waals surface area contributed by atoms with Crippen molar-refractivity contribution >= 4 is 11.9 Å². The monoisotopic (exact) mass is 305 g/mol. The molecule has 5 unspecified atom stereocenters. The lowest BCUT2D eigenvalue weighted by molar-refractivity contribution is -0.215. The predicted octanol–water partition coefficient (Wildman–Crippen LogP) is -0.913. The van der Waals surface area contributed by atoms with Crippen LogP contribution in [-0.4, -0.2) is 65.5 Å². The first-order chi connectivity index (χ1) is 9.88. The van der Waals surface area contributed by atoms with E-state index < -0.39 is 36.4 Å². The molecule has 1 heterocycles. The summed E-state index contributed by atoms with van der Waals surface area (Å²) in [7, 11) is 1.33. The van der Waals surface area contributed by atoms with Gasteiger partial charge < -0.3 is 24.8 Å². The average molecular weight is 305 g/mol. The van der Waals surface area contributed by atoms with Crippen LogP contribution in [0.2, 0.25) is 0 Å². The lowest BCUT2D eigenvalue weighted by Crippen LogP contribution is -2.60. The van der Waals surface area contributed by atoms with Gasteiger partial charge in [-0.05, 0) is 19.4 Å². The van der Waals surface area contributed by atoms with E-state index in [4.69, 9.17) is 9.84 Å². The number of hydrogen-bond donors (Lipinski definition) is 4. The van der Waals surface area contributed by atoms with Crippen LogP contribution in [0.25, 0.3) is 0 Å². The van der Waals surface area contributed by atoms with Gasteiger partial charge in [0.1, 0.15) is 12.3 Å². The van der Waals surface area contributed by atoms with Crippen molar-refractivity contribution in [1.82, 2.24) is 5.32 Å². The van der Waals surface area contributed by atoms with Crippen LogP contribution in [-0.2, 0) is 19.1 Å². The molecular formula is C13H23NO7. The number of methoxy groups -OCH3 is 1. The highest BCUT2D eigenvalue weighted by molar-refractivity contribution is 5.73. The molecule has 0 saturated carbocycles. The second-order valence-corrected chi connectivity index (χ2v) is 5.14. The molecule has 5 atom stereocenters. The number of rotatable bonds is 7. The molecule has 0 spiro atoms. The van der Waals surface area contributed by atoms with E-state index in [1.165, 1.54) is 7.11 Å². The van der Waals surface area contributed by atoms with E-state index in [1.807, 2.05) is 0 Å². The van der Waals surface area contributed by atoms with E-state index in [0.29, 0.717) is 25.8 Å². The molecule has 21 heavy (non-hydrogen) atoms. The zero-order chi connectivity index (χ0) is 16.0. The molecular weight excluding hydrogens is 282 g/mol. The molecule has 0 amide bonds. The Morgan fingerprint density at radius 1 is 1.24 bits per heavy atom. The molecule has 1 rings (SSSR count). The van der Waals surface area contributed by atoms with Gasteiger partial charge in [-0.3, -0.25) is 10.1 Å². The minimum atomic E-state index is -1.45. The molecule has 0 radical (unpaired) electrons. The average Bonchev–Trinajstić information content (AvgIpc) is 2.45. The van der Waals surface area contributed by atoms with Crippen molar-refractivity contribution in [2.75, 3.05) is 13.7 Å². The number of aliphatic hydroxyl groups is 2. The van der Waals surface area contributed by atoms with Gasteiger partial charge in [-0.15, -0.1) is 0 Å². The molecule has 0 bridgehead atoms. The number of ether oxygens (including phenoxy) is 2. The quantitative estimate of drug-likeness (QED) is 0.352. The molecule has 1 saturated heterocycles. The van der Waals surface area contributed by atoms with Crippen molar-refractivity contribution in [3.63, 3.8) is 0 Å². The fourth-order valence-corrected chi connectivity index (χ4v) is 2.21. The highest BCUT2D eigenvalue weighted by Crippen LogP contribution is 2.24. The second-order valence-electron chi connectivity index (χ2n) is 5.14. The Kier molecular flexibility index (Phi) is 7.03. The topological polar surface area (TPSA) is 125 Å². The molecule has 0 aromatic heterocycles. The Labute approximate surface area is 123 Å². The number of unbranched alkanes of at least 4 members (excludes halogenated alkanes) is 1. The van der Waals surface area contributed by atoms with Crippen LogP contribution in [0.15, 0.2) is 0 Å². The molecule has 1 aliphatic heterocycles. The summed E-state index contributed by atoms with van der Waals surface area (Å²) < 4.78 is 9.80. The van der Waals surface area contributed by atoms with Crippen molar-refractivity contribution in [2.24, 2.45) is 5.92 Å². The van der Waals surface area contributed by atoms with Crippen molar-refractivity contribution in [3.8, 4) is 0 Å². The van der Waals surface area contributed by atoms with E-state index >= 15 is 0 Å². The summed E-state index contributed by atoms with van der Waals surface area (Å²) in [5.74, 6) is -2.04. The largest absolute Gasteiger partial charge is 0.479 e. The van der Waals surface area contributed by atoms with Gasteiger partial charge in [0.2, 0.25) is 0 Å². The minimum Gasteiger partial charge on any atom is -0.479 e. The van der Waals surface area contributed by atoms with Crippen LogP contribution in [0, 0.1) is 5.92 Å². The van der Waals surface area contributed by atoms with Crippen LogP contribution < -0.4 is 5.32 Å². The molecule has 1 aliphatic rings. The second kappa shape index (κ2) is 8.28. The third kappa shape index (κ3) is 4.92. The van der Waals surface area contributed by atoms with Gasteiger partial charge >= 0.3 is 11.9 Å². The van der Waals surface area contributed by atoms with E-state index in [2.05, 4.69) is 10.1 Å². The van der Waals surface area contributed by atoms with E-state index in [-0.39, 0.29) is 5.97 Å². The Hall–Kier alpha value is -1.22. The summed E-state index contributed by atoms with van der Waals surface area (Å²) in [6.45, 7) is 2.17. The molecule has 1 fully saturated rings. The maximum Gasteiger partial charge on any atom is 0.335 e. The third-order valence-corrected chi connectivity index (χ3v) is 3.59. The lowest BCUT2D eigenvalue weighted by Gasteiger charge is -2.40. The number of aliphatic carboxylic acids is 1. The zero-order valence-corrected chi connectivity index (χ0v) is 12.2. The number of aliphatic hydroxyl groups excluding tert-OH is 2. The molecule has 8 heteroatoms. The summed E-state index contributed by atoms with van der Waals surface area (Å²) in [6, 6.07) is 0. The van der Waals surface area contributed by atoms with Crippen LogP contribution >= 0.6 is 0 Å². The fraction of sp³-hybridized carbons (Fsp3) is 0.846. The van der Waals surface area contributed by atoms with Gasteiger partial charge in [-0.1, -0.05) is 6.92 Å². The molecule has 4 N–H and O–H groups in total. The normalized spacial score (nSPS) is 32.7. The van der Waals surface area contributed by atoms with Gasteiger partial charge in [0.25, 0.3) is 0 Å². The standard InChI is InChI=1S/C13H23NO7/c1-7-9(16)10(17)11(13(18)19)21-12(7)14-6-4-3-5-8(15)20-2/h7,9-12,14,16-17H,3-6H2,1-2H3,(H,18,19). The first-order valence-electron chi connectivity index (χ1n) is 6.93. The number of carbonyl (C=O) groups is 2. The van der Waals surface area contributed by atoms with Crippen LogP contribution in [0.5, 0.6) is 0 Å². The Balaban J connectivity index is 2.39. The highest BCUT2D eigenvalue weighted by Gasteiger charge is 2.45. The number of esters is 1. The van der Waals surface area contributed by atoms with Crippen molar-refractivity contribution < 1.29 is 34.4 Å². The maximum absolute atomic E-state index is 11.0. The van der Waals surface area contributed by atoms with E-state index in [9.17, 15) is 19.8 Å². The van der Waals surface area contributed by atoms with Gasteiger partial charge in [0.15, 0.2) is 6.10 Å². The maximum atomic E-state index is 11.0. The number of carbonyl (C=O) groups excluding carboxylic acids is 1. The van der Waals surface area contributed by atoms with Crippen molar-refractivity contribution in [3.05, 3.63) is 0 Å². The van der Waals surface area contributed by atoms with Gasteiger partial charge in [-0.2, -0.15) is 0 Å².